The van der Waals surface area contributed by atoms with Crippen LogP contribution in [0.25, 0.3) is 0 Å². The Hall–Kier alpha value is -0.930. The maximum atomic E-state index is 12.8. The van der Waals surface area contributed by atoms with Gasteiger partial charge in [-0.25, -0.2) is 4.39 Å². The van der Waals surface area contributed by atoms with E-state index in [0.29, 0.717) is 0 Å². The van der Waals surface area contributed by atoms with Crippen LogP contribution < -0.4 is 9.80 Å². The number of quaternary nitrogens is 1. The molecule has 14 heavy (non-hydrogen) atoms. The number of hydrogen-bond donors (Lipinski definition) is 1. The molecule has 0 amide bonds. The molecule has 3 heteroatoms. The summed E-state index contributed by atoms with van der Waals surface area (Å²) in [6.45, 7) is 4.22. The van der Waals surface area contributed by atoms with Crippen LogP contribution in [0.4, 0.5) is 10.1 Å². The van der Waals surface area contributed by atoms with Crippen molar-refractivity contribution >= 4 is 5.69 Å². The van der Waals surface area contributed by atoms with Crippen molar-refractivity contribution in [3.8, 4) is 0 Å². The van der Waals surface area contributed by atoms with Crippen molar-refractivity contribution in [2.24, 2.45) is 0 Å². The Labute approximate surface area is 83.9 Å². The molecule has 0 saturated carbocycles. The molecule has 2 rings (SSSR count). The summed E-state index contributed by atoms with van der Waals surface area (Å²) in [6, 6.07) is 6.86. The van der Waals surface area contributed by atoms with Crippen molar-refractivity contribution in [1.29, 1.82) is 0 Å². The Morgan fingerprint density at radius 1 is 1.14 bits per heavy atom. The van der Waals surface area contributed by atoms with E-state index in [4.69, 9.17) is 0 Å². The van der Waals surface area contributed by atoms with Gasteiger partial charge in [0.2, 0.25) is 0 Å². The number of benzene rings is 1. The Morgan fingerprint density at radius 3 is 2.29 bits per heavy atom. The van der Waals surface area contributed by atoms with Gasteiger partial charge in [0.25, 0.3) is 0 Å². The minimum absolute atomic E-state index is 0.157. The van der Waals surface area contributed by atoms with Crippen molar-refractivity contribution in [2.75, 3.05) is 33.2 Å². The molecule has 0 spiro atoms. The van der Waals surface area contributed by atoms with Gasteiger partial charge in [0, 0.05) is 25.2 Å². The highest BCUT2D eigenvalue weighted by Gasteiger charge is 2.26. The molecule has 1 N–H and O–H groups in total. The predicted octanol–water partition coefficient (Wildman–Crippen LogP) is 1.37. The first-order chi connectivity index (χ1) is 6.71. The number of likely N-dealkylation sites (N-methyl/N-ethyl adjacent to an activating group) is 1. The molecule has 1 aliphatic rings. The lowest BCUT2D eigenvalue weighted by Gasteiger charge is -2.37. The first-order valence-corrected chi connectivity index (χ1v) is 5.02. The molecule has 0 bridgehead atoms. The summed E-state index contributed by atoms with van der Waals surface area (Å²) in [6.07, 6.45) is 0. The van der Waals surface area contributed by atoms with E-state index in [-0.39, 0.29) is 5.82 Å². The standard InChI is InChI=1S/C11H16FN2/c1-14(8-6-13-7-9-14)11-4-2-10(12)3-5-11/h2-5,13H,6-9H2,1H3/q+1/i12-1. The zero-order valence-electron chi connectivity index (χ0n) is 8.46. The predicted molar refractivity (Wildman–Crippen MR) is 56.7 cm³/mol. The van der Waals surface area contributed by atoms with Crippen LogP contribution in [0.3, 0.4) is 0 Å². The minimum Gasteiger partial charge on any atom is -0.306 e. The Morgan fingerprint density at radius 2 is 1.71 bits per heavy atom. The summed E-state index contributed by atoms with van der Waals surface area (Å²) < 4.78 is 13.7. The zero-order chi connectivity index (χ0) is 10.0. The Balaban J connectivity index is 2.23. The van der Waals surface area contributed by atoms with Crippen LogP contribution in [-0.4, -0.2) is 33.2 Å². The van der Waals surface area contributed by atoms with Gasteiger partial charge >= 0.3 is 0 Å². The lowest BCUT2D eigenvalue weighted by molar-refractivity contribution is 0.288. The summed E-state index contributed by atoms with van der Waals surface area (Å²) in [7, 11) is 2.20. The molecule has 0 aliphatic carbocycles. The number of halogens is 1. The fourth-order valence-corrected chi connectivity index (χ4v) is 1.95. The van der Waals surface area contributed by atoms with Crippen molar-refractivity contribution in [1.82, 2.24) is 9.80 Å². The molecule has 0 unspecified atom stereocenters. The van der Waals surface area contributed by atoms with Crippen LogP contribution >= 0.6 is 0 Å². The summed E-state index contributed by atoms with van der Waals surface area (Å²) in [4.78, 5) is 0. The minimum atomic E-state index is -0.157. The van der Waals surface area contributed by atoms with Crippen LogP contribution in [0.2, 0.25) is 0 Å². The highest BCUT2D eigenvalue weighted by molar-refractivity contribution is 5.42. The summed E-state index contributed by atoms with van der Waals surface area (Å²) in [5.41, 5.74) is 1.20. The smallest absolute Gasteiger partial charge is 0.132 e. The topological polar surface area (TPSA) is 12.0 Å². The normalized spacial score (nSPS) is 20.7. The average molecular weight is 194 g/mol. The second-order valence-corrected chi connectivity index (χ2v) is 4.07. The van der Waals surface area contributed by atoms with Gasteiger partial charge in [-0.1, -0.05) is 0 Å². The largest absolute Gasteiger partial charge is 0.306 e. The van der Waals surface area contributed by atoms with Crippen LogP contribution in [0.1, 0.15) is 0 Å². The fourth-order valence-electron chi connectivity index (χ4n) is 1.95. The monoisotopic (exact) mass is 194 g/mol. The van der Waals surface area contributed by atoms with Crippen molar-refractivity contribution < 1.29 is 4.39 Å². The van der Waals surface area contributed by atoms with E-state index >= 15 is 0 Å². The molecule has 0 radical (unpaired) electrons. The second kappa shape index (κ2) is 3.67. The summed E-state index contributed by atoms with van der Waals surface area (Å²) in [5.74, 6) is -0.157. The van der Waals surface area contributed by atoms with E-state index in [9.17, 15) is 4.39 Å². The molecule has 1 aromatic rings. The third-order valence-electron chi connectivity index (χ3n) is 3.01. The van der Waals surface area contributed by atoms with Gasteiger partial charge < -0.3 is 5.32 Å². The van der Waals surface area contributed by atoms with E-state index in [1.807, 2.05) is 12.1 Å². The average Bonchev–Trinajstić information content (AvgIpc) is 2.19. The lowest BCUT2D eigenvalue weighted by atomic mass is 10.2. The van der Waals surface area contributed by atoms with Crippen molar-refractivity contribution in [3.05, 3.63) is 30.1 Å². The first-order valence-electron chi connectivity index (χ1n) is 5.02. The SMILES string of the molecule is C[N+]1(c2ccc([18F])cc2)CCNCC1. The number of hydrogen-bond acceptors (Lipinski definition) is 1. The van der Waals surface area contributed by atoms with Gasteiger partial charge in [-0.2, -0.15) is 0 Å². The molecular formula is C11H16FN2+. The summed E-state index contributed by atoms with van der Waals surface area (Å²) in [5, 5.41) is 3.33. The molecule has 76 valence electrons. The third kappa shape index (κ3) is 1.79. The number of nitrogens with zero attached hydrogens (tertiary/aromatic N) is 1. The Bertz CT molecular complexity index is 302. The third-order valence-corrected chi connectivity index (χ3v) is 3.01. The molecule has 1 saturated heterocycles. The van der Waals surface area contributed by atoms with Gasteiger partial charge in [-0.15, -0.1) is 0 Å². The number of rotatable bonds is 1. The first kappa shape index (κ1) is 9.62. The second-order valence-electron chi connectivity index (χ2n) is 4.07. The number of nitrogens with one attached hydrogen (secondary N) is 1. The van der Waals surface area contributed by atoms with Gasteiger partial charge in [0.15, 0.2) is 0 Å². The van der Waals surface area contributed by atoms with E-state index < -0.39 is 0 Å². The molecule has 0 atom stereocenters. The van der Waals surface area contributed by atoms with Crippen LogP contribution in [0.5, 0.6) is 0 Å². The van der Waals surface area contributed by atoms with Gasteiger partial charge in [-0.05, 0) is 12.1 Å². The highest BCUT2D eigenvalue weighted by Crippen LogP contribution is 2.21. The van der Waals surface area contributed by atoms with Crippen LogP contribution in [-0.2, 0) is 0 Å². The van der Waals surface area contributed by atoms with E-state index in [1.165, 1.54) is 5.69 Å². The maximum Gasteiger partial charge on any atom is 0.132 e. The number of piperazine rings is 1. The Kier molecular flexibility index (Phi) is 2.52. The van der Waals surface area contributed by atoms with Crippen LogP contribution in [0, 0.1) is 5.82 Å². The molecule has 1 fully saturated rings. The van der Waals surface area contributed by atoms with Crippen LogP contribution in [0.15, 0.2) is 24.3 Å². The molecule has 1 aromatic carbocycles. The summed E-state index contributed by atoms with van der Waals surface area (Å²) >= 11 is 0. The van der Waals surface area contributed by atoms with E-state index in [0.717, 1.165) is 30.7 Å². The molecule has 1 heterocycles. The maximum absolute atomic E-state index is 12.8. The molecule has 2 nitrogen and oxygen atoms in total. The van der Waals surface area contributed by atoms with Gasteiger partial charge in [-0.3, -0.25) is 4.48 Å². The van der Waals surface area contributed by atoms with E-state index in [1.54, 1.807) is 12.1 Å². The van der Waals surface area contributed by atoms with Crippen molar-refractivity contribution in [3.63, 3.8) is 0 Å². The van der Waals surface area contributed by atoms with Gasteiger partial charge in [0.05, 0.1) is 20.1 Å². The molecule has 1 aliphatic heterocycles. The van der Waals surface area contributed by atoms with Gasteiger partial charge in [0.1, 0.15) is 11.5 Å². The quantitative estimate of drug-likeness (QED) is 0.666. The molecular weight excluding hydrogens is 178 g/mol. The highest BCUT2D eigenvalue weighted by atomic mass is 18.2. The zero-order valence-corrected chi connectivity index (χ0v) is 8.46. The molecule has 0 aromatic heterocycles. The van der Waals surface area contributed by atoms with E-state index in [2.05, 4.69) is 12.4 Å². The fraction of sp³-hybridized carbons (Fsp3) is 0.455. The van der Waals surface area contributed by atoms with Crippen molar-refractivity contribution in [2.45, 2.75) is 0 Å². The lowest BCUT2D eigenvalue weighted by Crippen LogP contribution is -2.57.